The van der Waals surface area contributed by atoms with Crippen LogP contribution in [0.5, 0.6) is 0 Å². The monoisotopic (exact) mass is 391 g/mol. The molecule has 0 bridgehead atoms. The topological polar surface area (TPSA) is 101 Å². The van der Waals surface area contributed by atoms with E-state index in [2.05, 4.69) is 10.0 Å². The van der Waals surface area contributed by atoms with Gasteiger partial charge in [-0.05, 0) is 67.6 Å². The summed E-state index contributed by atoms with van der Waals surface area (Å²) in [6, 6.07) is 9.41. The van der Waals surface area contributed by atoms with Gasteiger partial charge in [-0.1, -0.05) is 6.07 Å². The Kier molecular flexibility index (Phi) is 5.48. The summed E-state index contributed by atoms with van der Waals surface area (Å²) < 4.78 is 40.9. The second-order valence-corrected chi connectivity index (χ2v) is 8.40. The smallest absolute Gasteiger partial charge is 0.262 e. The Morgan fingerprint density at radius 3 is 2.48 bits per heavy atom. The van der Waals surface area contributed by atoms with Crippen LogP contribution < -0.4 is 15.8 Å². The number of carbonyl (C=O) groups is 1. The minimum atomic E-state index is -3.93. The minimum Gasteiger partial charge on any atom is -0.348 e. The summed E-state index contributed by atoms with van der Waals surface area (Å²) in [7, 11) is -3.93. The number of carbonyl (C=O) groups excluding carboxylic acids is 1. The van der Waals surface area contributed by atoms with Crippen LogP contribution in [0.15, 0.2) is 47.4 Å². The second-order valence-electron chi connectivity index (χ2n) is 6.75. The van der Waals surface area contributed by atoms with Crippen molar-refractivity contribution >= 4 is 21.6 Å². The minimum absolute atomic E-state index is 0.00445. The molecule has 1 fully saturated rings. The van der Waals surface area contributed by atoms with E-state index in [9.17, 15) is 17.6 Å². The molecule has 2 aromatic rings. The van der Waals surface area contributed by atoms with Crippen molar-refractivity contribution in [2.24, 2.45) is 11.7 Å². The normalized spacial score (nSPS) is 15.2. The number of rotatable bonds is 7. The van der Waals surface area contributed by atoms with E-state index in [0.717, 1.165) is 12.8 Å². The molecule has 0 saturated heterocycles. The summed E-state index contributed by atoms with van der Waals surface area (Å²) in [5.74, 6) is -0.416. The highest BCUT2D eigenvalue weighted by atomic mass is 32.2. The molecular formula is C19H22FN3O3S. The molecule has 144 valence electrons. The fourth-order valence-electron chi connectivity index (χ4n) is 2.88. The molecule has 0 radical (unpaired) electrons. The zero-order chi connectivity index (χ0) is 19.6. The van der Waals surface area contributed by atoms with Crippen molar-refractivity contribution in [2.45, 2.75) is 30.7 Å². The molecule has 2 aromatic carbocycles. The van der Waals surface area contributed by atoms with Crippen LogP contribution in [0.1, 0.15) is 28.8 Å². The van der Waals surface area contributed by atoms with Gasteiger partial charge in [-0.15, -0.1) is 0 Å². The third-order valence-corrected chi connectivity index (χ3v) is 6.12. The fraction of sp³-hybridized carbons (Fsp3) is 0.316. The number of nitrogens with two attached hydrogens (primary N) is 1. The molecule has 4 N–H and O–H groups in total. The summed E-state index contributed by atoms with van der Waals surface area (Å²) >= 11 is 0. The van der Waals surface area contributed by atoms with Crippen molar-refractivity contribution in [3.63, 3.8) is 0 Å². The van der Waals surface area contributed by atoms with E-state index in [1.165, 1.54) is 30.3 Å². The Labute approximate surface area is 158 Å². The lowest BCUT2D eigenvalue weighted by molar-refractivity contribution is 0.0933. The number of halogens is 1. The fourth-order valence-corrected chi connectivity index (χ4v) is 4.21. The maximum atomic E-state index is 13.0. The summed E-state index contributed by atoms with van der Waals surface area (Å²) in [4.78, 5) is 12.5. The average molecular weight is 391 g/mol. The maximum Gasteiger partial charge on any atom is 0.262 e. The van der Waals surface area contributed by atoms with Gasteiger partial charge in [0.05, 0.1) is 4.90 Å². The van der Waals surface area contributed by atoms with Gasteiger partial charge in [0.2, 0.25) is 0 Å². The zero-order valence-electron chi connectivity index (χ0n) is 14.9. The highest BCUT2D eigenvalue weighted by molar-refractivity contribution is 7.92. The second kappa shape index (κ2) is 7.66. The number of sulfonamides is 1. The molecule has 0 aromatic heterocycles. The van der Waals surface area contributed by atoms with Crippen LogP contribution >= 0.6 is 0 Å². The van der Waals surface area contributed by atoms with E-state index in [0.29, 0.717) is 18.0 Å². The Hall–Kier alpha value is -2.45. The first kappa shape index (κ1) is 19.3. The predicted molar refractivity (Wildman–Crippen MR) is 101 cm³/mol. The van der Waals surface area contributed by atoms with E-state index in [4.69, 9.17) is 5.73 Å². The van der Waals surface area contributed by atoms with Crippen LogP contribution in [-0.2, 0) is 10.0 Å². The van der Waals surface area contributed by atoms with Gasteiger partial charge in [-0.2, -0.15) is 0 Å². The molecule has 1 amide bonds. The molecule has 0 spiro atoms. The van der Waals surface area contributed by atoms with Gasteiger partial charge in [0.15, 0.2) is 0 Å². The Bertz CT molecular complexity index is 941. The number of benzene rings is 2. The lowest BCUT2D eigenvalue weighted by atomic mass is 10.1. The van der Waals surface area contributed by atoms with Gasteiger partial charge < -0.3 is 11.1 Å². The predicted octanol–water partition coefficient (Wildman–Crippen LogP) is 2.40. The summed E-state index contributed by atoms with van der Waals surface area (Å²) in [6.45, 7) is 1.99. The molecule has 3 rings (SSSR count). The van der Waals surface area contributed by atoms with Crippen molar-refractivity contribution in [1.29, 1.82) is 0 Å². The van der Waals surface area contributed by atoms with E-state index < -0.39 is 15.8 Å². The van der Waals surface area contributed by atoms with Crippen molar-refractivity contribution in [3.8, 4) is 0 Å². The van der Waals surface area contributed by atoms with Gasteiger partial charge in [-0.25, -0.2) is 12.8 Å². The number of hydrogen-bond donors (Lipinski definition) is 3. The number of amides is 1. The van der Waals surface area contributed by atoms with Crippen LogP contribution in [0.2, 0.25) is 0 Å². The van der Waals surface area contributed by atoms with Gasteiger partial charge in [0.1, 0.15) is 5.82 Å². The molecule has 0 heterocycles. The SMILES string of the molecule is Cc1ccc(C(=O)NC(CN)C2CC2)cc1S(=O)(=O)Nc1ccc(F)cc1. The maximum absolute atomic E-state index is 13.0. The van der Waals surface area contributed by atoms with Crippen molar-refractivity contribution in [1.82, 2.24) is 5.32 Å². The van der Waals surface area contributed by atoms with E-state index >= 15 is 0 Å². The quantitative estimate of drug-likeness (QED) is 0.675. The highest BCUT2D eigenvalue weighted by Gasteiger charge is 2.31. The largest absolute Gasteiger partial charge is 0.348 e. The van der Waals surface area contributed by atoms with Crippen molar-refractivity contribution < 1.29 is 17.6 Å². The van der Waals surface area contributed by atoms with Crippen LogP contribution in [0.3, 0.4) is 0 Å². The van der Waals surface area contributed by atoms with Gasteiger partial charge in [-0.3, -0.25) is 9.52 Å². The first-order chi connectivity index (χ1) is 12.8. The Morgan fingerprint density at radius 1 is 1.22 bits per heavy atom. The number of nitrogens with one attached hydrogen (secondary N) is 2. The molecule has 1 atom stereocenters. The molecule has 1 unspecified atom stereocenters. The van der Waals surface area contributed by atoms with Gasteiger partial charge in [0, 0.05) is 23.8 Å². The Morgan fingerprint density at radius 2 is 1.89 bits per heavy atom. The van der Waals surface area contributed by atoms with E-state index in [1.54, 1.807) is 19.1 Å². The van der Waals surface area contributed by atoms with Crippen LogP contribution in [0.4, 0.5) is 10.1 Å². The van der Waals surface area contributed by atoms with Crippen LogP contribution in [0, 0.1) is 18.7 Å². The first-order valence-electron chi connectivity index (χ1n) is 8.70. The van der Waals surface area contributed by atoms with Gasteiger partial charge in [0.25, 0.3) is 15.9 Å². The highest BCUT2D eigenvalue weighted by Crippen LogP contribution is 2.32. The van der Waals surface area contributed by atoms with Crippen LogP contribution in [-0.4, -0.2) is 26.9 Å². The molecule has 1 saturated carbocycles. The van der Waals surface area contributed by atoms with Crippen LogP contribution in [0.25, 0.3) is 0 Å². The lowest BCUT2D eigenvalue weighted by Crippen LogP contribution is -2.41. The molecule has 8 heteroatoms. The number of aryl methyl sites for hydroxylation is 1. The van der Waals surface area contributed by atoms with Crippen molar-refractivity contribution in [2.75, 3.05) is 11.3 Å². The summed E-state index contributed by atoms with van der Waals surface area (Å²) in [5, 5.41) is 2.88. The molecule has 0 aliphatic heterocycles. The van der Waals surface area contributed by atoms with Crippen molar-refractivity contribution in [3.05, 3.63) is 59.4 Å². The first-order valence-corrected chi connectivity index (χ1v) is 10.2. The third kappa shape index (κ3) is 4.64. The van der Waals surface area contributed by atoms with Gasteiger partial charge >= 0.3 is 0 Å². The third-order valence-electron chi connectivity index (χ3n) is 4.60. The Balaban J connectivity index is 1.83. The lowest BCUT2D eigenvalue weighted by Gasteiger charge is -2.17. The standard InChI is InChI=1S/C19H22FN3O3S/c1-12-2-3-14(19(24)22-17(11-21)13-4-5-13)10-18(12)27(25,26)23-16-8-6-15(20)7-9-16/h2-3,6-10,13,17,23H,4-5,11,21H2,1H3,(H,22,24). The summed E-state index contributed by atoms with van der Waals surface area (Å²) in [5.41, 5.74) is 6.70. The van der Waals surface area contributed by atoms with E-state index in [-0.39, 0.29) is 28.1 Å². The number of anilines is 1. The zero-order valence-corrected chi connectivity index (χ0v) is 15.7. The molecule has 6 nitrogen and oxygen atoms in total. The molecule has 1 aliphatic rings. The molecule has 27 heavy (non-hydrogen) atoms. The average Bonchev–Trinajstić information content (AvgIpc) is 3.46. The molecular weight excluding hydrogens is 369 g/mol. The summed E-state index contributed by atoms with van der Waals surface area (Å²) in [6.07, 6.45) is 2.08. The molecule has 1 aliphatic carbocycles. The van der Waals surface area contributed by atoms with E-state index in [1.807, 2.05) is 0 Å². The number of hydrogen-bond acceptors (Lipinski definition) is 4.